The van der Waals surface area contributed by atoms with Crippen LogP contribution in [0, 0.1) is 0 Å². The summed E-state index contributed by atoms with van der Waals surface area (Å²) in [4.78, 5) is 2.03. The summed E-state index contributed by atoms with van der Waals surface area (Å²) < 4.78 is 31.6. The van der Waals surface area contributed by atoms with Crippen molar-refractivity contribution in [2.24, 2.45) is 0 Å². The average molecular weight is 241 g/mol. The molecule has 1 aliphatic rings. The Bertz CT molecular complexity index is 464. The molecule has 0 atom stereocenters. The van der Waals surface area contributed by atoms with Gasteiger partial charge in [0.25, 0.3) is 10.1 Å². The highest BCUT2D eigenvalue weighted by atomic mass is 32.2. The van der Waals surface area contributed by atoms with Crippen molar-refractivity contribution >= 4 is 15.8 Å². The summed E-state index contributed by atoms with van der Waals surface area (Å²) in [5, 5.41) is 0. The highest BCUT2D eigenvalue weighted by Crippen LogP contribution is 2.27. The summed E-state index contributed by atoms with van der Waals surface area (Å²) in [6.45, 7) is 1.71. The number of nitrogens with zero attached hydrogens (tertiary/aromatic N) is 1. The van der Waals surface area contributed by atoms with Crippen LogP contribution in [-0.4, -0.2) is 26.1 Å². The number of hydrogen-bond donors (Lipinski definition) is 1. The number of rotatable bonds is 2. The predicted octanol–water partition coefficient (Wildman–Crippen LogP) is 1.92. The van der Waals surface area contributed by atoms with Gasteiger partial charge < -0.3 is 4.90 Å². The van der Waals surface area contributed by atoms with Gasteiger partial charge in [0.05, 0.1) is 5.69 Å². The van der Waals surface area contributed by atoms with Crippen LogP contribution in [0.4, 0.5) is 5.69 Å². The Labute approximate surface area is 95.6 Å². The van der Waals surface area contributed by atoms with Gasteiger partial charge in [-0.2, -0.15) is 8.42 Å². The first-order valence-corrected chi connectivity index (χ1v) is 6.84. The van der Waals surface area contributed by atoms with Gasteiger partial charge in [0, 0.05) is 13.1 Å². The fraction of sp³-hybridized carbons (Fsp3) is 0.455. The highest BCUT2D eigenvalue weighted by Gasteiger charge is 2.20. The Kier molecular flexibility index (Phi) is 3.16. The van der Waals surface area contributed by atoms with Crippen molar-refractivity contribution in [2.45, 2.75) is 24.2 Å². The van der Waals surface area contributed by atoms with Crippen molar-refractivity contribution in [3.05, 3.63) is 24.3 Å². The molecule has 4 nitrogen and oxygen atoms in total. The molecule has 1 saturated heterocycles. The number of para-hydroxylation sites is 1. The lowest BCUT2D eigenvalue weighted by molar-refractivity contribution is 0.482. The molecule has 88 valence electrons. The maximum Gasteiger partial charge on any atom is 0.296 e. The third kappa shape index (κ3) is 2.36. The molecule has 1 aromatic rings. The average Bonchev–Trinajstić information content (AvgIpc) is 2.29. The van der Waals surface area contributed by atoms with Crippen molar-refractivity contribution < 1.29 is 13.0 Å². The zero-order chi connectivity index (χ0) is 11.6. The minimum Gasteiger partial charge on any atom is -0.370 e. The lowest BCUT2D eigenvalue weighted by atomic mass is 10.1. The molecule has 2 rings (SSSR count). The van der Waals surface area contributed by atoms with Gasteiger partial charge in [-0.25, -0.2) is 0 Å². The van der Waals surface area contributed by atoms with Gasteiger partial charge in [0.2, 0.25) is 0 Å². The van der Waals surface area contributed by atoms with Crippen LogP contribution in [0.15, 0.2) is 29.2 Å². The number of piperidine rings is 1. The molecule has 0 radical (unpaired) electrons. The molecule has 1 fully saturated rings. The van der Waals surface area contributed by atoms with Gasteiger partial charge in [0.1, 0.15) is 4.90 Å². The van der Waals surface area contributed by atoms with E-state index >= 15 is 0 Å². The van der Waals surface area contributed by atoms with E-state index in [1.54, 1.807) is 18.2 Å². The third-order valence-corrected chi connectivity index (χ3v) is 3.74. The van der Waals surface area contributed by atoms with E-state index in [4.69, 9.17) is 4.55 Å². The second-order valence-electron chi connectivity index (χ2n) is 3.99. The molecule has 5 heteroatoms. The van der Waals surface area contributed by atoms with Crippen LogP contribution in [0.2, 0.25) is 0 Å². The van der Waals surface area contributed by atoms with E-state index in [0.717, 1.165) is 25.9 Å². The zero-order valence-electron chi connectivity index (χ0n) is 8.96. The second kappa shape index (κ2) is 4.43. The molecule has 0 unspecified atom stereocenters. The maximum absolute atomic E-state index is 11.2. The van der Waals surface area contributed by atoms with E-state index in [-0.39, 0.29) is 4.90 Å². The Balaban J connectivity index is 2.40. The van der Waals surface area contributed by atoms with E-state index in [2.05, 4.69) is 0 Å². The second-order valence-corrected chi connectivity index (χ2v) is 5.38. The summed E-state index contributed by atoms with van der Waals surface area (Å²) in [5.41, 5.74) is 0.615. The maximum atomic E-state index is 11.2. The standard InChI is InChI=1S/C11H15NO3S/c13-16(14,15)11-7-3-2-6-10(11)12-8-4-1-5-9-12/h2-3,6-7H,1,4-5,8-9H2,(H,13,14,15). The quantitative estimate of drug-likeness (QED) is 0.804. The molecule has 1 aromatic carbocycles. The van der Waals surface area contributed by atoms with Crippen molar-refractivity contribution in [3.8, 4) is 0 Å². The molecule has 1 heterocycles. The molecule has 0 spiro atoms. The Morgan fingerprint density at radius 1 is 1.06 bits per heavy atom. The lowest BCUT2D eigenvalue weighted by Gasteiger charge is -2.29. The number of benzene rings is 1. The smallest absolute Gasteiger partial charge is 0.296 e. The normalized spacial score (nSPS) is 17.4. The van der Waals surface area contributed by atoms with E-state index in [0.29, 0.717) is 5.69 Å². The molecular weight excluding hydrogens is 226 g/mol. The molecular formula is C11H15NO3S. The first kappa shape index (κ1) is 11.4. The van der Waals surface area contributed by atoms with E-state index < -0.39 is 10.1 Å². The molecule has 0 saturated carbocycles. The molecule has 0 amide bonds. The van der Waals surface area contributed by atoms with E-state index in [1.165, 1.54) is 12.5 Å². The Morgan fingerprint density at radius 3 is 2.31 bits per heavy atom. The molecule has 1 N–H and O–H groups in total. The summed E-state index contributed by atoms with van der Waals surface area (Å²) in [6.07, 6.45) is 3.32. The lowest BCUT2D eigenvalue weighted by Crippen LogP contribution is -2.30. The van der Waals surface area contributed by atoms with Crippen LogP contribution < -0.4 is 4.90 Å². The van der Waals surface area contributed by atoms with Gasteiger partial charge in [-0.1, -0.05) is 12.1 Å². The first-order valence-electron chi connectivity index (χ1n) is 5.40. The number of anilines is 1. The van der Waals surface area contributed by atoms with Crippen molar-refractivity contribution in [3.63, 3.8) is 0 Å². The van der Waals surface area contributed by atoms with E-state index in [9.17, 15) is 8.42 Å². The summed E-state index contributed by atoms with van der Waals surface area (Å²) in [6, 6.07) is 6.60. The molecule has 16 heavy (non-hydrogen) atoms. The SMILES string of the molecule is O=S(=O)(O)c1ccccc1N1CCCCC1. The van der Waals surface area contributed by atoms with Crippen LogP contribution in [0.5, 0.6) is 0 Å². The van der Waals surface area contributed by atoms with Crippen LogP contribution in [0.25, 0.3) is 0 Å². The largest absolute Gasteiger partial charge is 0.370 e. The van der Waals surface area contributed by atoms with Crippen molar-refractivity contribution in [2.75, 3.05) is 18.0 Å². The van der Waals surface area contributed by atoms with Gasteiger partial charge in [-0.3, -0.25) is 4.55 Å². The minimum absolute atomic E-state index is 0.0110. The Hall–Kier alpha value is -1.07. The third-order valence-electron chi connectivity index (χ3n) is 2.84. The van der Waals surface area contributed by atoms with E-state index in [1.807, 2.05) is 4.90 Å². The van der Waals surface area contributed by atoms with Crippen LogP contribution in [0.3, 0.4) is 0 Å². The van der Waals surface area contributed by atoms with Gasteiger partial charge >= 0.3 is 0 Å². The van der Waals surface area contributed by atoms with Gasteiger partial charge in [-0.15, -0.1) is 0 Å². The fourth-order valence-corrected chi connectivity index (χ4v) is 2.78. The first-order chi connectivity index (χ1) is 7.59. The predicted molar refractivity (Wildman–Crippen MR) is 62.3 cm³/mol. The van der Waals surface area contributed by atoms with Gasteiger partial charge in [0.15, 0.2) is 0 Å². The summed E-state index contributed by atoms with van der Waals surface area (Å²) in [7, 11) is -4.12. The molecule has 0 bridgehead atoms. The minimum atomic E-state index is -4.12. The van der Waals surface area contributed by atoms with Crippen LogP contribution in [0.1, 0.15) is 19.3 Å². The summed E-state index contributed by atoms with van der Waals surface area (Å²) in [5.74, 6) is 0. The molecule has 0 aliphatic carbocycles. The van der Waals surface area contributed by atoms with Crippen molar-refractivity contribution in [1.82, 2.24) is 0 Å². The molecule has 0 aromatic heterocycles. The topological polar surface area (TPSA) is 57.6 Å². The Morgan fingerprint density at radius 2 is 1.69 bits per heavy atom. The van der Waals surface area contributed by atoms with Crippen LogP contribution >= 0.6 is 0 Å². The number of hydrogen-bond acceptors (Lipinski definition) is 3. The fourth-order valence-electron chi connectivity index (χ4n) is 2.07. The van der Waals surface area contributed by atoms with Gasteiger partial charge in [-0.05, 0) is 31.4 Å². The van der Waals surface area contributed by atoms with Crippen LogP contribution in [-0.2, 0) is 10.1 Å². The highest BCUT2D eigenvalue weighted by molar-refractivity contribution is 7.86. The zero-order valence-corrected chi connectivity index (χ0v) is 9.78. The van der Waals surface area contributed by atoms with Crippen molar-refractivity contribution in [1.29, 1.82) is 0 Å². The molecule has 1 aliphatic heterocycles. The monoisotopic (exact) mass is 241 g/mol. The summed E-state index contributed by atoms with van der Waals surface area (Å²) >= 11 is 0.